The summed E-state index contributed by atoms with van der Waals surface area (Å²) in [6.45, 7) is 2.09. The Bertz CT molecular complexity index is 298. The molecule has 0 spiro atoms. The van der Waals surface area contributed by atoms with Crippen molar-refractivity contribution < 1.29 is 0 Å². The summed E-state index contributed by atoms with van der Waals surface area (Å²) < 4.78 is 0. The number of hydrogen-bond donors (Lipinski definition) is 2. The fourth-order valence-corrected chi connectivity index (χ4v) is 2.08. The number of H-pyrrole nitrogens is 1. The third-order valence-corrected chi connectivity index (χ3v) is 3.00. The molecule has 1 aromatic heterocycles. The average Bonchev–Trinajstić information content (AvgIpc) is 2.79. The van der Waals surface area contributed by atoms with E-state index in [0.29, 0.717) is 0 Å². The summed E-state index contributed by atoms with van der Waals surface area (Å²) in [7, 11) is 0. The highest BCUT2D eigenvalue weighted by atomic mass is 14.8. The highest BCUT2D eigenvalue weighted by molar-refractivity contribution is 5.08. The van der Waals surface area contributed by atoms with E-state index < -0.39 is 0 Å². The molecular formula is C13H20N2. The van der Waals surface area contributed by atoms with Crippen LogP contribution in [0.2, 0.25) is 0 Å². The van der Waals surface area contributed by atoms with Crippen LogP contribution in [0.1, 0.15) is 37.7 Å². The van der Waals surface area contributed by atoms with E-state index in [9.17, 15) is 0 Å². The Balaban J connectivity index is 1.60. The van der Waals surface area contributed by atoms with Crippen molar-refractivity contribution in [1.82, 2.24) is 10.3 Å². The van der Waals surface area contributed by atoms with Crippen molar-refractivity contribution in [2.75, 3.05) is 6.54 Å². The van der Waals surface area contributed by atoms with Crippen molar-refractivity contribution in [2.24, 2.45) is 0 Å². The van der Waals surface area contributed by atoms with E-state index in [2.05, 4.69) is 22.4 Å². The molecule has 15 heavy (non-hydrogen) atoms. The predicted octanol–water partition coefficient (Wildman–Crippen LogP) is 2.99. The zero-order valence-corrected chi connectivity index (χ0v) is 9.26. The normalized spacial score (nSPS) is 16.4. The summed E-state index contributed by atoms with van der Waals surface area (Å²) in [5.41, 5.74) is 3.00. The molecule has 0 unspecified atom stereocenters. The molecule has 0 bridgehead atoms. The minimum Gasteiger partial charge on any atom is -0.367 e. The fraction of sp³-hybridized carbons (Fsp3) is 0.538. The smallest absolute Gasteiger partial charge is 0.0220 e. The topological polar surface area (TPSA) is 27.8 Å². The second-order valence-electron chi connectivity index (χ2n) is 4.25. The van der Waals surface area contributed by atoms with Crippen LogP contribution < -0.4 is 5.32 Å². The lowest BCUT2D eigenvalue weighted by Gasteiger charge is -2.12. The molecular weight excluding hydrogens is 184 g/mol. The number of nitrogens with one attached hydrogen (secondary N) is 2. The Morgan fingerprint density at radius 3 is 3.07 bits per heavy atom. The minimum atomic E-state index is 0.983. The van der Waals surface area contributed by atoms with Crippen LogP contribution in [-0.4, -0.2) is 11.5 Å². The summed E-state index contributed by atoms with van der Waals surface area (Å²) in [4.78, 5) is 3.07. The summed E-state index contributed by atoms with van der Waals surface area (Å²) in [6.07, 6.45) is 13.1. The molecule has 2 rings (SSSR count). The van der Waals surface area contributed by atoms with E-state index in [1.165, 1.54) is 37.7 Å². The Kier molecular flexibility index (Phi) is 4.03. The van der Waals surface area contributed by atoms with Crippen LogP contribution in [0, 0.1) is 0 Å². The Morgan fingerprint density at radius 2 is 2.33 bits per heavy atom. The number of aromatic amines is 1. The number of rotatable bonds is 5. The van der Waals surface area contributed by atoms with Gasteiger partial charge in [-0.15, -0.1) is 0 Å². The molecule has 0 aliphatic heterocycles. The van der Waals surface area contributed by atoms with Gasteiger partial charge in [-0.05, 0) is 50.3 Å². The van der Waals surface area contributed by atoms with Crippen LogP contribution in [0.5, 0.6) is 0 Å². The first kappa shape index (κ1) is 10.5. The maximum absolute atomic E-state index is 3.47. The van der Waals surface area contributed by atoms with Gasteiger partial charge in [0.25, 0.3) is 0 Å². The van der Waals surface area contributed by atoms with Crippen molar-refractivity contribution in [3.8, 4) is 0 Å². The van der Waals surface area contributed by atoms with Gasteiger partial charge in [0.05, 0.1) is 0 Å². The number of aromatic nitrogens is 1. The van der Waals surface area contributed by atoms with Crippen LogP contribution in [-0.2, 0) is 6.54 Å². The average molecular weight is 204 g/mol. The molecule has 2 nitrogen and oxygen atoms in total. The second-order valence-corrected chi connectivity index (χ2v) is 4.25. The zero-order chi connectivity index (χ0) is 10.3. The molecule has 2 heteroatoms. The SMILES string of the molecule is C1=C(CCNCc2cc[nH]c2)CCCC1. The van der Waals surface area contributed by atoms with Crippen LogP contribution in [0.15, 0.2) is 30.1 Å². The highest BCUT2D eigenvalue weighted by Gasteiger charge is 2.02. The Labute approximate surface area is 91.8 Å². The van der Waals surface area contributed by atoms with E-state index in [-0.39, 0.29) is 0 Å². The van der Waals surface area contributed by atoms with Gasteiger partial charge in [0, 0.05) is 18.9 Å². The summed E-state index contributed by atoms with van der Waals surface area (Å²) >= 11 is 0. The molecule has 0 atom stereocenters. The quantitative estimate of drug-likeness (QED) is 0.560. The van der Waals surface area contributed by atoms with E-state index in [0.717, 1.165) is 13.1 Å². The molecule has 82 valence electrons. The largest absolute Gasteiger partial charge is 0.367 e. The summed E-state index contributed by atoms with van der Waals surface area (Å²) in [5.74, 6) is 0. The van der Waals surface area contributed by atoms with Crippen molar-refractivity contribution in [3.05, 3.63) is 35.7 Å². The predicted molar refractivity (Wildman–Crippen MR) is 63.7 cm³/mol. The van der Waals surface area contributed by atoms with Gasteiger partial charge in [0.1, 0.15) is 0 Å². The summed E-state index contributed by atoms with van der Waals surface area (Å²) in [5, 5.41) is 3.47. The lowest BCUT2D eigenvalue weighted by atomic mass is 9.97. The number of hydrogen-bond acceptors (Lipinski definition) is 1. The zero-order valence-electron chi connectivity index (χ0n) is 9.26. The molecule has 0 aromatic carbocycles. The van der Waals surface area contributed by atoms with Crippen molar-refractivity contribution in [3.63, 3.8) is 0 Å². The van der Waals surface area contributed by atoms with Gasteiger partial charge in [-0.25, -0.2) is 0 Å². The molecule has 0 saturated carbocycles. The Morgan fingerprint density at radius 1 is 1.33 bits per heavy atom. The van der Waals surface area contributed by atoms with Crippen LogP contribution in [0.25, 0.3) is 0 Å². The molecule has 1 aliphatic rings. The second kappa shape index (κ2) is 5.76. The maximum atomic E-state index is 3.47. The van der Waals surface area contributed by atoms with Gasteiger partial charge in [0.2, 0.25) is 0 Å². The van der Waals surface area contributed by atoms with Crippen LogP contribution in [0.3, 0.4) is 0 Å². The standard InChI is InChI=1S/C13H20N2/c1-2-4-12(5-3-1)6-8-14-10-13-7-9-15-11-13/h4,7,9,11,14-15H,1-3,5-6,8,10H2. The van der Waals surface area contributed by atoms with E-state index in [1.807, 2.05) is 12.4 Å². The first-order valence-electron chi connectivity index (χ1n) is 5.95. The molecule has 1 aromatic rings. The highest BCUT2D eigenvalue weighted by Crippen LogP contribution is 2.19. The molecule has 0 radical (unpaired) electrons. The maximum Gasteiger partial charge on any atom is 0.0220 e. The van der Waals surface area contributed by atoms with Gasteiger partial charge >= 0.3 is 0 Å². The van der Waals surface area contributed by atoms with Crippen LogP contribution in [0.4, 0.5) is 0 Å². The lowest BCUT2D eigenvalue weighted by molar-refractivity contribution is 0.632. The monoisotopic (exact) mass is 204 g/mol. The molecule has 0 fully saturated rings. The molecule has 2 N–H and O–H groups in total. The number of allylic oxidation sites excluding steroid dienone is 1. The summed E-state index contributed by atoms with van der Waals surface area (Å²) in [6, 6.07) is 2.12. The van der Waals surface area contributed by atoms with Crippen molar-refractivity contribution in [2.45, 2.75) is 38.6 Å². The Hall–Kier alpha value is -1.02. The van der Waals surface area contributed by atoms with Gasteiger partial charge in [-0.1, -0.05) is 11.6 Å². The molecule has 1 aliphatic carbocycles. The first-order chi connectivity index (χ1) is 7.45. The van der Waals surface area contributed by atoms with Crippen molar-refractivity contribution >= 4 is 0 Å². The molecule has 0 amide bonds. The van der Waals surface area contributed by atoms with Crippen LogP contribution >= 0.6 is 0 Å². The third kappa shape index (κ3) is 3.56. The third-order valence-electron chi connectivity index (χ3n) is 3.00. The first-order valence-corrected chi connectivity index (χ1v) is 5.95. The lowest BCUT2D eigenvalue weighted by Crippen LogP contribution is -2.15. The van der Waals surface area contributed by atoms with E-state index in [1.54, 1.807) is 5.57 Å². The van der Waals surface area contributed by atoms with Gasteiger partial charge < -0.3 is 10.3 Å². The van der Waals surface area contributed by atoms with E-state index in [4.69, 9.17) is 0 Å². The van der Waals surface area contributed by atoms with Gasteiger partial charge in [-0.2, -0.15) is 0 Å². The minimum absolute atomic E-state index is 0.983. The molecule has 1 heterocycles. The van der Waals surface area contributed by atoms with E-state index >= 15 is 0 Å². The van der Waals surface area contributed by atoms with Gasteiger partial charge in [0.15, 0.2) is 0 Å². The van der Waals surface area contributed by atoms with Gasteiger partial charge in [-0.3, -0.25) is 0 Å². The molecule has 0 saturated heterocycles. The fourth-order valence-electron chi connectivity index (χ4n) is 2.08. The van der Waals surface area contributed by atoms with Crippen molar-refractivity contribution in [1.29, 1.82) is 0 Å².